The van der Waals surface area contributed by atoms with E-state index in [9.17, 15) is 14.0 Å². The summed E-state index contributed by atoms with van der Waals surface area (Å²) in [7, 11) is 0. The summed E-state index contributed by atoms with van der Waals surface area (Å²) in [5.41, 5.74) is 0.530. The molecule has 0 spiro atoms. The lowest BCUT2D eigenvalue weighted by molar-refractivity contribution is -0.137. The summed E-state index contributed by atoms with van der Waals surface area (Å²) in [4.78, 5) is 20.9. The first-order valence-electron chi connectivity index (χ1n) is 4.41. The quantitative estimate of drug-likeness (QED) is 0.813. The van der Waals surface area contributed by atoms with Crippen molar-refractivity contribution < 1.29 is 19.1 Å². The molecule has 4 nitrogen and oxygen atoms in total. The third kappa shape index (κ3) is 3.30. The van der Waals surface area contributed by atoms with Crippen molar-refractivity contribution in [3.63, 3.8) is 0 Å². The lowest BCUT2D eigenvalue weighted by atomic mass is 10.0. The maximum absolute atomic E-state index is 13.0. The van der Waals surface area contributed by atoms with Crippen LogP contribution in [-0.4, -0.2) is 17.5 Å². The number of hydrogen-bond donors (Lipinski definition) is 2. The molecule has 1 aromatic rings. The van der Waals surface area contributed by atoms with Crippen molar-refractivity contribution in [3.05, 3.63) is 34.1 Å². The number of carboxylic acids is 1. The molecule has 0 aliphatic rings. The Morgan fingerprint density at radius 3 is 2.81 bits per heavy atom. The van der Waals surface area contributed by atoms with Crippen molar-refractivity contribution in [3.8, 4) is 0 Å². The summed E-state index contributed by atoms with van der Waals surface area (Å²) < 4.78 is 13.2. The van der Waals surface area contributed by atoms with Gasteiger partial charge in [0.1, 0.15) is 5.82 Å². The van der Waals surface area contributed by atoms with Gasteiger partial charge in [-0.1, -0.05) is 6.07 Å². The summed E-state index contributed by atoms with van der Waals surface area (Å²) >= 11 is 2.99. The van der Waals surface area contributed by atoms with E-state index in [1.807, 2.05) is 0 Å². The van der Waals surface area contributed by atoms with Crippen molar-refractivity contribution in [1.82, 2.24) is 5.32 Å². The molecule has 1 amide bonds. The van der Waals surface area contributed by atoms with Crippen LogP contribution >= 0.6 is 15.9 Å². The van der Waals surface area contributed by atoms with E-state index in [1.54, 1.807) is 0 Å². The van der Waals surface area contributed by atoms with Crippen molar-refractivity contribution >= 4 is 28.3 Å². The Hall–Kier alpha value is -1.43. The lowest BCUT2D eigenvalue weighted by Gasteiger charge is -2.14. The molecule has 1 rings (SSSR count). The predicted octanol–water partition coefficient (Wildman–Crippen LogP) is 1.85. The highest BCUT2D eigenvalue weighted by molar-refractivity contribution is 9.10. The third-order valence-electron chi connectivity index (χ3n) is 1.99. The van der Waals surface area contributed by atoms with Crippen molar-refractivity contribution in [2.24, 2.45) is 0 Å². The molecule has 0 aromatic heterocycles. The maximum atomic E-state index is 13.0. The van der Waals surface area contributed by atoms with Crippen LogP contribution in [0.2, 0.25) is 0 Å². The molecule has 86 valence electrons. The Kier molecular flexibility index (Phi) is 4.42. The summed E-state index contributed by atoms with van der Waals surface area (Å²) in [5.74, 6) is -1.48. The highest BCUT2D eigenvalue weighted by Gasteiger charge is 2.15. The average molecular weight is 290 g/mol. The van der Waals surface area contributed by atoms with Crippen LogP contribution in [0.4, 0.5) is 4.39 Å². The highest BCUT2D eigenvalue weighted by Crippen LogP contribution is 2.23. The number of benzene rings is 1. The van der Waals surface area contributed by atoms with Gasteiger partial charge < -0.3 is 10.4 Å². The molecule has 0 saturated carbocycles. The van der Waals surface area contributed by atoms with Gasteiger partial charge in [-0.15, -0.1) is 0 Å². The number of nitrogens with one attached hydrogen (secondary N) is 1. The van der Waals surface area contributed by atoms with Crippen LogP contribution in [0.25, 0.3) is 0 Å². The molecule has 0 fully saturated rings. The minimum Gasteiger partial charge on any atom is -0.481 e. The smallest absolute Gasteiger partial charge is 0.305 e. The zero-order chi connectivity index (χ0) is 12.1. The number of carbonyl (C=O) groups is 2. The van der Waals surface area contributed by atoms with Gasteiger partial charge in [-0.3, -0.25) is 9.59 Å². The average Bonchev–Trinajstić information content (AvgIpc) is 2.21. The minimum absolute atomic E-state index is 0.230. The van der Waals surface area contributed by atoms with E-state index >= 15 is 0 Å². The van der Waals surface area contributed by atoms with Gasteiger partial charge in [0.05, 0.1) is 16.9 Å². The van der Waals surface area contributed by atoms with Gasteiger partial charge in [0, 0.05) is 0 Å². The molecule has 0 aliphatic heterocycles. The van der Waals surface area contributed by atoms with Crippen LogP contribution < -0.4 is 5.32 Å². The molecule has 1 atom stereocenters. The Labute approximate surface area is 99.6 Å². The summed E-state index contributed by atoms with van der Waals surface area (Å²) in [6, 6.07) is 3.43. The van der Waals surface area contributed by atoms with Gasteiger partial charge in [0.2, 0.25) is 6.41 Å². The number of carboxylic acid groups (broad SMARTS) is 1. The molecule has 1 aromatic carbocycles. The first-order valence-corrected chi connectivity index (χ1v) is 5.20. The first kappa shape index (κ1) is 12.6. The molecule has 2 N–H and O–H groups in total. The van der Waals surface area contributed by atoms with Gasteiger partial charge >= 0.3 is 5.97 Å². The topological polar surface area (TPSA) is 66.4 Å². The molecule has 1 unspecified atom stereocenters. The zero-order valence-electron chi connectivity index (χ0n) is 8.11. The molecule has 6 heteroatoms. The molecule has 0 heterocycles. The predicted molar refractivity (Wildman–Crippen MR) is 58.3 cm³/mol. The van der Waals surface area contributed by atoms with E-state index in [-0.39, 0.29) is 10.9 Å². The molecule has 16 heavy (non-hydrogen) atoms. The zero-order valence-corrected chi connectivity index (χ0v) is 9.70. The Morgan fingerprint density at radius 2 is 2.31 bits per heavy atom. The van der Waals surface area contributed by atoms with Crippen LogP contribution in [0.5, 0.6) is 0 Å². The lowest BCUT2D eigenvalue weighted by Crippen LogP contribution is -2.22. The summed E-state index contributed by atoms with van der Waals surface area (Å²) in [6.07, 6.45) is 0.168. The number of amides is 1. The first-order chi connectivity index (χ1) is 7.54. The summed E-state index contributed by atoms with van der Waals surface area (Å²) in [6.45, 7) is 0. The number of rotatable bonds is 5. The standard InChI is InChI=1S/C10H9BrFNO3/c11-7-3-6(1-2-8(7)12)9(13-5-14)4-10(15)16/h1-3,5,9H,4H2,(H,13,14)(H,15,16). The molecule has 0 bridgehead atoms. The van der Waals surface area contributed by atoms with E-state index < -0.39 is 17.8 Å². The Bertz CT molecular complexity index is 411. The molecule has 0 radical (unpaired) electrons. The van der Waals surface area contributed by atoms with E-state index in [0.717, 1.165) is 0 Å². The van der Waals surface area contributed by atoms with E-state index in [1.165, 1.54) is 18.2 Å². The van der Waals surface area contributed by atoms with Crippen LogP contribution in [0, 0.1) is 5.82 Å². The SMILES string of the molecule is O=CNC(CC(=O)O)c1ccc(F)c(Br)c1. The van der Waals surface area contributed by atoms with E-state index in [4.69, 9.17) is 5.11 Å². The molecule has 0 aliphatic carbocycles. The van der Waals surface area contributed by atoms with Crippen molar-refractivity contribution in [1.29, 1.82) is 0 Å². The molecule has 0 saturated heterocycles. The van der Waals surface area contributed by atoms with Crippen LogP contribution in [-0.2, 0) is 9.59 Å². The fraction of sp³-hybridized carbons (Fsp3) is 0.200. The van der Waals surface area contributed by atoms with Crippen molar-refractivity contribution in [2.75, 3.05) is 0 Å². The highest BCUT2D eigenvalue weighted by atomic mass is 79.9. The Morgan fingerprint density at radius 1 is 1.62 bits per heavy atom. The normalized spacial score (nSPS) is 11.9. The van der Waals surface area contributed by atoms with E-state index in [2.05, 4.69) is 21.2 Å². The second-order valence-electron chi connectivity index (χ2n) is 3.11. The number of halogens is 2. The van der Waals surface area contributed by atoms with Gasteiger partial charge in [-0.25, -0.2) is 4.39 Å². The van der Waals surface area contributed by atoms with Gasteiger partial charge in [-0.2, -0.15) is 0 Å². The number of carbonyl (C=O) groups excluding carboxylic acids is 1. The Balaban J connectivity index is 2.95. The fourth-order valence-electron chi connectivity index (χ4n) is 1.26. The second kappa shape index (κ2) is 5.60. The minimum atomic E-state index is -1.04. The fourth-order valence-corrected chi connectivity index (χ4v) is 1.66. The van der Waals surface area contributed by atoms with Crippen LogP contribution in [0.1, 0.15) is 18.0 Å². The van der Waals surface area contributed by atoms with Gasteiger partial charge in [0.15, 0.2) is 0 Å². The van der Waals surface area contributed by atoms with E-state index in [0.29, 0.717) is 12.0 Å². The monoisotopic (exact) mass is 289 g/mol. The number of hydrogen-bond acceptors (Lipinski definition) is 2. The van der Waals surface area contributed by atoms with Crippen molar-refractivity contribution in [2.45, 2.75) is 12.5 Å². The molecular formula is C10H9BrFNO3. The second-order valence-corrected chi connectivity index (χ2v) is 3.96. The maximum Gasteiger partial charge on any atom is 0.305 e. The number of aliphatic carboxylic acids is 1. The largest absolute Gasteiger partial charge is 0.481 e. The van der Waals surface area contributed by atoms with Gasteiger partial charge in [0.25, 0.3) is 0 Å². The van der Waals surface area contributed by atoms with Crippen LogP contribution in [0.3, 0.4) is 0 Å². The summed E-state index contributed by atoms with van der Waals surface area (Å²) in [5, 5.41) is 11.0. The van der Waals surface area contributed by atoms with Crippen LogP contribution in [0.15, 0.2) is 22.7 Å². The third-order valence-corrected chi connectivity index (χ3v) is 2.60. The molecular weight excluding hydrogens is 281 g/mol. The van der Waals surface area contributed by atoms with Gasteiger partial charge in [-0.05, 0) is 33.6 Å².